The third kappa shape index (κ3) is 4.85. The van der Waals surface area contributed by atoms with E-state index in [4.69, 9.17) is 9.84 Å². The van der Waals surface area contributed by atoms with E-state index in [1.807, 2.05) is 27.8 Å². The van der Waals surface area contributed by atoms with E-state index in [-0.39, 0.29) is 18.7 Å². The number of amides is 1. The quantitative estimate of drug-likeness (QED) is 0.845. The lowest BCUT2D eigenvalue weighted by molar-refractivity contribution is 0.0281. The number of carbonyl (C=O) groups excluding carboxylic acids is 1. The average molecular weight is 290 g/mol. The maximum Gasteiger partial charge on any atom is 0.410 e. The van der Waals surface area contributed by atoms with Crippen LogP contribution in [0.1, 0.15) is 20.8 Å². The van der Waals surface area contributed by atoms with Crippen molar-refractivity contribution >= 4 is 17.9 Å². The zero-order chi connectivity index (χ0) is 14.6. The largest absolute Gasteiger partial charge is 0.444 e. The third-order valence-electron chi connectivity index (χ3n) is 3.21. The number of aliphatic hydroxyl groups is 1. The minimum absolute atomic E-state index is 0.139. The van der Waals surface area contributed by atoms with E-state index in [9.17, 15) is 4.79 Å². The summed E-state index contributed by atoms with van der Waals surface area (Å²) in [6, 6.07) is 0.273. The first-order valence-corrected chi connectivity index (χ1v) is 7.89. The van der Waals surface area contributed by atoms with Gasteiger partial charge in [-0.2, -0.15) is 11.8 Å². The number of carbonyl (C=O) groups is 1. The summed E-state index contributed by atoms with van der Waals surface area (Å²) in [5.41, 5.74) is -0.457. The first kappa shape index (κ1) is 16.6. The topological polar surface area (TPSA) is 53.0 Å². The molecule has 6 heteroatoms. The minimum Gasteiger partial charge on any atom is -0.444 e. The van der Waals surface area contributed by atoms with Gasteiger partial charge >= 0.3 is 6.09 Å². The fourth-order valence-corrected chi connectivity index (χ4v) is 3.15. The Morgan fingerprint density at radius 2 is 2.11 bits per heavy atom. The summed E-state index contributed by atoms with van der Waals surface area (Å²) in [6.07, 6.45) is 1.81. The number of ether oxygens (including phenoxy) is 1. The number of aliphatic hydroxyl groups excluding tert-OH is 1. The second-order valence-corrected chi connectivity index (χ2v) is 7.01. The normalized spacial score (nSPS) is 24.1. The van der Waals surface area contributed by atoms with Gasteiger partial charge in [0.05, 0.1) is 6.61 Å². The average Bonchev–Trinajstić information content (AvgIpc) is 2.71. The number of rotatable bonds is 4. The maximum atomic E-state index is 12.1. The zero-order valence-electron chi connectivity index (χ0n) is 12.5. The molecule has 1 amide bonds. The van der Waals surface area contributed by atoms with Gasteiger partial charge in [0.1, 0.15) is 5.60 Å². The third-order valence-corrected chi connectivity index (χ3v) is 4.28. The molecule has 2 atom stereocenters. The molecule has 1 N–H and O–H groups in total. The lowest BCUT2D eigenvalue weighted by Gasteiger charge is -2.27. The monoisotopic (exact) mass is 290 g/mol. The van der Waals surface area contributed by atoms with Crippen molar-refractivity contribution in [1.82, 2.24) is 9.80 Å². The van der Waals surface area contributed by atoms with Crippen LogP contribution < -0.4 is 0 Å². The number of thioether (sulfide) groups is 1. The fourth-order valence-electron chi connectivity index (χ4n) is 2.21. The Hall–Kier alpha value is -0.460. The Morgan fingerprint density at radius 3 is 2.58 bits per heavy atom. The lowest BCUT2D eigenvalue weighted by Crippen LogP contribution is -2.41. The van der Waals surface area contributed by atoms with Crippen LogP contribution in [0.3, 0.4) is 0 Å². The smallest absolute Gasteiger partial charge is 0.410 e. The standard InChI is InChI=1S/C13H26N2O3S/c1-13(2,3)18-12(17)15-8-10(11(9-15)19-5)14(4)6-7-16/h10-11,16H,6-9H2,1-5H3. The molecule has 1 heterocycles. The SMILES string of the molecule is CSC1CN(C(=O)OC(C)(C)C)CC1N(C)CCO. The molecular formula is C13H26N2O3S. The lowest BCUT2D eigenvalue weighted by atomic mass is 10.2. The number of hydrogen-bond donors (Lipinski definition) is 1. The molecular weight excluding hydrogens is 264 g/mol. The van der Waals surface area contributed by atoms with Crippen LogP contribution in [0.4, 0.5) is 4.79 Å². The molecule has 2 unspecified atom stereocenters. The Kier molecular flexibility index (Phi) is 5.95. The van der Waals surface area contributed by atoms with Crippen LogP contribution in [0.5, 0.6) is 0 Å². The molecule has 1 saturated heterocycles. The fraction of sp³-hybridized carbons (Fsp3) is 0.923. The Labute approximate surface area is 120 Å². The molecule has 19 heavy (non-hydrogen) atoms. The van der Waals surface area contributed by atoms with Crippen LogP contribution in [0, 0.1) is 0 Å². The zero-order valence-corrected chi connectivity index (χ0v) is 13.4. The van der Waals surface area contributed by atoms with Crippen LogP contribution >= 0.6 is 11.8 Å². The molecule has 1 aliphatic rings. The van der Waals surface area contributed by atoms with Crippen molar-refractivity contribution < 1.29 is 14.6 Å². The minimum atomic E-state index is -0.457. The molecule has 0 aromatic rings. The van der Waals surface area contributed by atoms with Crippen LogP contribution in [0.15, 0.2) is 0 Å². The van der Waals surface area contributed by atoms with E-state index in [0.29, 0.717) is 24.9 Å². The summed E-state index contributed by atoms with van der Waals surface area (Å²) in [5.74, 6) is 0. The van der Waals surface area contributed by atoms with Gasteiger partial charge in [0.15, 0.2) is 0 Å². The summed E-state index contributed by atoms with van der Waals surface area (Å²) in [6.45, 7) is 7.77. The van der Waals surface area contributed by atoms with Gasteiger partial charge in [-0.3, -0.25) is 4.90 Å². The predicted molar refractivity (Wildman–Crippen MR) is 78.6 cm³/mol. The highest BCUT2D eigenvalue weighted by Gasteiger charge is 2.38. The summed E-state index contributed by atoms with van der Waals surface area (Å²) >= 11 is 1.76. The Bertz CT molecular complexity index is 307. The molecule has 0 saturated carbocycles. The molecule has 0 radical (unpaired) electrons. The number of likely N-dealkylation sites (tertiary alicyclic amines) is 1. The molecule has 5 nitrogen and oxygen atoms in total. The molecule has 0 aliphatic carbocycles. The number of nitrogens with zero attached hydrogens (tertiary/aromatic N) is 2. The van der Waals surface area contributed by atoms with Gasteiger partial charge in [-0.1, -0.05) is 0 Å². The van der Waals surface area contributed by atoms with Crippen LogP contribution in [-0.4, -0.2) is 77.4 Å². The number of likely N-dealkylation sites (N-methyl/N-ethyl adjacent to an activating group) is 1. The van der Waals surface area contributed by atoms with Crippen molar-refractivity contribution in [3.8, 4) is 0 Å². The molecule has 112 valence electrons. The van der Waals surface area contributed by atoms with Gasteiger partial charge in [0.2, 0.25) is 0 Å². The van der Waals surface area contributed by atoms with Crippen LogP contribution in [0.25, 0.3) is 0 Å². The van der Waals surface area contributed by atoms with E-state index in [1.54, 1.807) is 16.7 Å². The van der Waals surface area contributed by atoms with Crippen molar-refractivity contribution in [3.05, 3.63) is 0 Å². The van der Waals surface area contributed by atoms with Crippen molar-refractivity contribution in [3.63, 3.8) is 0 Å². The van der Waals surface area contributed by atoms with Crippen molar-refractivity contribution in [2.24, 2.45) is 0 Å². The van der Waals surface area contributed by atoms with Gasteiger partial charge in [-0.05, 0) is 34.1 Å². The second kappa shape index (κ2) is 6.81. The predicted octanol–water partition coefficient (Wildman–Crippen LogP) is 1.26. The first-order valence-electron chi connectivity index (χ1n) is 6.60. The Balaban J connectivity index is 2.63. The Morgan fingerprint density at radius 1 is 1.47 bits per heavy atom. The van der Waals surface area contributed by atoms with E-state index in [2.05, 4.69) is 11.2 Å². The summed E-state index contributed by atoms with van der Waals surface area (Å²) in [4.78, 5) is 16.0. The van der Waals surface area contributed by atoms with Gasteiger partial charge in [0.25, 0.3) is 0 Å². The van der Waals surface area contributed by atoms with Gasteiger partial charge in [-0.15, -0.1) is 0 Å². The van der Waals surface area contributed by atoms with Gasteiger partial charge in [-0.25, -0.2) is 4.79 Å². The van der Waals surface area contributed by atoms with Gasteiger partial charge < -0.3 is 14.7 Å². The van der Waals surface area contributed by atoms with Crippen molar-refractivity contribution in [1.29, 1.82) is 0 Å². The second-order valence-electron chi connectivity index (χ2n) is 5.93. The van der Waals surface area contributed by atoms with E-state index >= 15 is 0 Å². The molecule has 1 rings (SSSR count). The maximum absolute atomic E-state index is 12.1. The summed E-state index contributed by atoms with van der Waals surface area (Å²) < 4.78 is 5.41. The van der Waals surface area contributed by atoms with E-state index in [1.165, 1.54) is 0 Å². The molecule has 0 spiro atoms. The first-order chi connectivity index (χ1) is 8.78. The molecule has 1 aliphatic heterocycles. The van der Waals surface area contributed by atoms with E-state index < -0.39 is 5.60 Å². The summed E-state index contributed by atoms with van der Waals surface area (Å²) in [7, 11) is 1.99. The molecule has 1 fully saturated rings. The molecule has 0 aromatic carbocycles. The molecule has 0 bridgehead atoms. The summed E-state index contributed by atoms with van der Waals surface area (Å²) in [5, 5.41) is 9.40. The van der Waals surface area contributed by atoms with Gasteiger partial charge in [0, 0.05) is 30.9 Å². The van der Waals surface area contributed by atoms with E-state index in [0.717, 1.165) is 0 Å². The van der Waals surface area contributed by atoms with Crippen molar-refractivity contribution in [2.75, 3.05) is 39.5 Å². The molecule has 0 aromatic heterocycles. The number of hydrogen-bond acceptors (Lipinski definition) is 5. The highest BCUT2D eigenvalue weighted by Crippen LogP contribution is 2.25. The van der Waals surface area contributed by atoms with Crippen LogP contribution in [0.2, 0.25) is 0 Å². The van der Waals surface area contributed by atoms with Crippen molar-refractivity contribution in [2.45, 2.75) is 37.7 Å². The highest BCUT2D eigenvalue weighted by molar-refractivity contribution is 7.99. The highest BCUT2D eigenvalue weighted by atomic mass is 32.2. The van der Waals surface area contributed by atoms with Crippen LogP contribution in [-0.2, 0) is 4.74 Å².